The minimum atomic E-state index is -3.02. The molecule has 0 heterocycles. The molecule has 0 saturated heterocycles. The predicted molar refractivity (Wildman–Crippen MR) is 120 cm³/mol. The van der Waals surface area contributed by atoms with Crippen molar-refractivity contribution >= 4 is 50.5 Å². The van der Waals surface area contributed by atoms with Crippen molar-refractivity contribution in [1.82, 2.24) is 5.32 Å². The van der Waals surface area contributed by atoms with Crippen molar-refractivity contribution in [2.45, 2.75) is 63.5 Å². The van der Waals surface area contributed by atoms with Gasteiger partial charge < -0.3 is 5.32 Å². The van der Waals surface area contributed by atoms with Crippen LogP contribution in [0.4, 0.5) is 0 Å². The normalized spacial score (nSPS) is 25.0. The van der Waals surface area contributed by atoms with E-state index in [9.17, 15) is 13.2 Å². The van der Waals surface area contributed by atoms with Crippen LogP contribution in [0.3, 0.4) is 0 Å². The number of amides is 1. The zero-order valence-electron chi connectivity index (χ0n) is 16.6. The Hall–Kier alpha value is -0.490. The zero-order valence-corrected chi connectivity index (χ0v) is 19.7. The predicted octanol–water partition coefficient (Wildman–Crippen LogP) is 5.93. The summed E-state index contributed by atoms with van der Waals surface area (Å²) in [5.74, 6) is 0.642. The summed E-state index contributed by atoms with van der Waals surface area (Å²) in [6, 6.07) is 3.02. The highest BCUT2D eigenvalue weighted by Crippen LogP contribution is 2.48. The van der Waals surface area contributed by atoms with Crippen LogP contribution in [0.1, 0.15) is 68.6 Å². The maximum Gasteiger partial charge on any atom is 0.254 e. The van der Waals surface area contributed by atoms with E-state index >= 15 is 0 Å². The Labute approximate surface area is 188 Å². The van der Waals surface area contributed by atoms with Gasteiger partial charge >= 0.3 is 0 Å². The van der Waals surface area contributed by atoms with Crippen molar-refractivity contribution in [3.8, 4) is 0 Å². The fourth-order valence-corrected chi connectivity index (χ4v) is 7.36. The van der Waals surface area contributed by atoms with E-state index in [0.29, 0.717) is 36.7 Å². The lowest BCUT2D eigenvalue weighted by atomic mass is 9.70. The second-order valence-electron chi connectivity index (χ2n) is 8.64. The second kappa shape index (κ2) is 9.33. The third kappa shape index (κ3) is 5.81. The maximum atomic E-state index is 12.8. The van der Waals surface area contributed by atoms with Gasteiger partial charge in [0.2, 0.25) is 0 Å². The molecule has 2 aliphatic carbocycles. The highest BCUT2D eigenvalue weighted by molar-refractivity contribution is 7.92. The molecule has 0 unspecified atom stereocenters. The van der Waals surface area contributed by atoms with E-state index in [4.69, 9.17) is 34.8 Å². The third-order valence-corrected chi connectivity index (χ3v) is 9.55. The molecular weight excluding hydrogens is 453 g/mol. The van der Waals surface area contributed by atoms with Crippen LogP contribution in [0.15, 0.2) is 12.1 Å². The van der Waals surface area contributed by atoms with Crippen LogP contribution in [-0.2, 0) is 9.84 Å². The van der Waals surface area contributed by atoms with Gasteiger partial charge in [0.05, 0.1) is 26.6 Å². The first-order valence-corrected chi connectivity index (χ1v) is 13.1. The number of benzene rings is 1. The van der Waals surface area contributed by atoms with Crippen LogP contribution in [0, 0.1) is 11.3 Å². The first-order chi connectivity index (χ1) is 13.7. The van der Waals surface area contributed by atoms with E-state index in [2.05, 4.69) is 5.32 Å². The van der Waals surface area contributed by atoms with Crippen LogP contribution >= 0.6 is 34.8 Å². The van der Waals surface area contributed by atoms with E-state index in [-0.39, 0.29) is 37.9 Å². The average molecular weight is 481 g/mol. The molecule has 1 aromatic rings. The number of sulfone groups is 1. The molecule has 0 aromatic heterocycles. The van der Waals surface area contributed by atoms with Crippen molar-refractivity contribution < 1.29 is 13.2 Å². The summed E-state index contributed by atoms with van der Waals surface area (Å²) in [7, 11) is -3.02. The Kier molecular flexibility index (Phi) is 7.46. The highest BCUT2D eigenvalue weighted by Gasteiger charge is 2.42. The summed E-state index contributed by atoms with van der Waals surface area (Å²) in [6.07, 6.45) is 7.13. The molecular formula is C21H28Cl3NO3S. The monoisotopic (exact) mass is 479 g/mol. The Morgan fingerprint density at radius 2 is 1.69 bits per heavy atom. The van der Waals surface area contributed by atoms with Crippen molar-refractivity contribution in [3.63, 3.8) is 0 Å². The number of halogens is 3. The number of nitrogens with one attached hydrogen (secondary N) is 1. The Bertz CT molecular complexity index is 837. The molecule has 1 amide bonds. The maximum absolute atomic E-state index is 12.8. The molecule has 2 aliphatic rings. The first-order valence-electron chi connectivity index (χ1n) is 10.3. The Morgan fingerprint density at radius 1 is 1.10 bits per heavy atom. The number of hydrogen-bond acceptors (Lipinski definition) is 3. The van der Waals surface area contributed by atoms with Gasteiger partial charge in [-0.3, -0.25) is 4.79 Å². The van der Waals surface area contributed by atoms with Crippen molar-refractivity contribution in [3.05, 3.63) is 32.8 Å². The smallest absolute Gasteiger partial charge is 0.254 e. The molecule has 0 aliphatic heterocycles. The Morgan fingerprint density at radius 3 is 2.21 bits per heavy atom. The molecule has 2 fully saturated rings. The lowest BCUT2D eigenvalue weighted by Gasteiger charge is -2.40. The van der Waals surface area contributed by atoms with E-state index in [1.54, 1.807) is 0 Å². The number of carbonyl (C=O) groups excluding carboxylic acids is 1. The van der Waals surface area contributed by atoms with Crippen LogP contribution < -0.4 is 5.32 Å². The van der Waals surface area contributed by atoms with Crippen LogP contribution in [-0.4, -0.2) is 31.9 Å². The summed E-state index contributed by atoms with van der Waals surface area (Å²) in [4.78, 5) is 12.8. The van der Waals surface area contributed by atoms with Crippen LogP contribution in [0.5, 0.6) is 0 Å². The van der Waals surface area contributed by atoms with Crippen LogP contribution in [0.2, 0.25) is 15.1 Å². The Balaban J connectivity index is 1.68. The van der Waals surface area contributed by atoms with Crippen molar-refractivity contribution in [2.75, 3.05) is 12.3 Å². The van der Waals surface area contributed by atoms with Gasteiger partial charge in [0.15, 0.2) is 9.84 Å². The molecule has 2 saturated carbocycles. The molecule has 0 spiro atoms. The molecule has 29 heavy (non-hydrogen) atoms. The summed E-state index contributed by atoms with van der Waals surface area (Å²) < 4.78 is 24.9. The lowest BCUT2D eigenvalue weighted by molar-refractivity contribution is 0.0895. The van der Waals surface area contributed by atoms with E-state index in [0.717, 1.165) is 19.3 Å². The quantitative estimate of drug-likeness (QED) is 0.501. The summed E-state index contributed by atoms with van der Waals surface area (Å²) in [6.45, 7) is 2.42. The molecule has 0 radical (unpaired) electrons. The third-order valence-electron chi connectivity index (χ3n) is 6.27. The van der Waals surface area contributed by atoms with Crippen molar-refractivity contribution in [2.24, 2.45) is 11.3 Å². The minimum absolute atomic E-state index is 0.0551. The fraction of sp³-hybridized carbons (Fsp3) is 0.667. The van der Waals surface area contributed by atoms with Gasteiger partial charge in [0.1, 0.15) is 0 Å². The summed E-state index contributed by atoms with van der Waals surface area (Å²) in [5, 5.41) is 3.61. The molecule has 8 heteroatoms. The van der Waals surface area contributed by atoms with E-state index in [1.807, 2.05) is 6.92 Å². The van der Waals surface area contributed by atoms with Gasteiger partial charge in [-0.2, -0.15) is 0 Å². The fourth-order valence-electron chi connectivity index (χ4n) is 4.52. The summed E-state index contributed by atoms with van der Waals surface area (Å²) in [5.41, 5.74) is 0.180. The molecule has 1 aromatic carbocycles. The number of hydrogen-bond donors (Lipinski definition) is 1. The van der Waals surface area contributed by atoms with Gasteiger partial charge in [0.25, 0.3) is 5.91 Å². The van der Waals surface area contributed by atoms with Gasteiger partial charge in [-0.15, -0.1) is 0 Å². The topological polar surface area (TPSA) is 63.2 Å². The SMILES string of the molecule is CCCS(=O)(=O)C1CCC(CNC(=O)c2c(Cl)cc(Cl)cc2Cl)(CC2CC2)CC1. The standard InChI is InChI=1S/C21H28Cl3NO3S/c1-2-9-29(27,28)16-5-7-21(8-6-16,12-14-3-4-14)13-25-20(26)19-17(23)10-15(22)11-18(19)24/h10-11,14,16H,2-9,12-13H2,1H3,(H,25,26). The minimum Gasteiger partial charge on any atom is -0.351 e. The van der Waals surface area contributed by atoms with Gasteiger partial charge in [-0.05, 0) is 62.0 Å². The van der Waals surface area contributed by atoms with Crippen LogP contribution in [0.25, 0.3) is 0 Å². The van der Waals surface area contributed by atoms with Gasteiger partial charge in [-0.25, -0.2) is 8.42 Å². The first kappa shape index (κ1) is 23.2. The second-order valence-corrected chi connectivity index (χ2v) is 12.3. The average Bonchev–Trinajstić information content (AvgIpc) is 3.43. The molecule has 0 bridgehead atoms. The molecule has 4 nitrogen and oxygen atoms in total. The van der Waals surface area contributed by atoms with Gasteiger partial charge in [0, 0.05) is 11.6 Å². The molecule has 162 valence electrons. The zero-order chi connectivity index (χ0) is 21.2. The molecule has 0 atom stereocenters. The van der Waals surface area contributed by atoms with Gasteiger partial charge in [-0.1, -0.05) is 54.6 Å². The molecule has 1 N–H and O–H groups in total. The molecule has 3 rings (SSSR count). The largest absolute Gasteiger partial charge is 0.351 e. The summed E-state index contributed by atoms with van der Waals surface area (Å²) >= 11 is 18.3. The van der Waals surface area contributed by atoms with Crippen molar-refractivity contribution in [1.29, 1.82) is 0 Å². The van der Waals surface area contributed by atoms with E-state index in [1.165, 1.54) is 25.0 Å². The number of carbonyl (C=O) groups is 1. The number of rotatable bonds is 8. The highest BCUT2D eigenvalue weighted by atomic mass is 35.5. The van der Waals surface area contributed by atoms with E-state index < -0.39 is 9.84 Å². The lowest BCUT2D eigenvalue weighted by Crippen LogP contribution is -2.43.